The second-order valence-corrected chi connectivity index (χ2v) is 13.0. The third-order valence-electron chi connectivity index (χ3n) is 9.82. The van der Waals surface area contributed by atoms with E-state index in [1.54, 1.807) is 18.2 Å². The maximum atomic E-state index is 14.1. The van der Waals surface area contributed by atoms with Gasteiger partial charge in [-0.15, -0.1) is 0 Å². The molecular formula is C36H56N2O7. The van der Waals surface area contributed by atoms with Crippen LogP contribution in [-0.4, -0.2) is 76.6 Å². The zero-order valence-corrected chi connectivity index (χ0v) is 27.5. The molecule has 4 N–H and O–H groups in total. The summed E-state index contributed by atoms with van der Waals surface area (Å²) in [6, 6.07) is 2.74. The molecular weight excluding hydrogens is 572 g/mol. The number of fused-ring (bicyclic) bond motifs is 3. The van der Waals surface area contributed by atoms with Crippen LogP contribution in [0.25, 0.3) is 0 Å². The number of unbranched alkanes of at least 4 members (excludes halogenated alkanes) is 8. The van der Waals surface area contributed by atoms with Crippen molar-refractivity contribution in [3.8, 4) is 11.5 Å². The molecule has 1 fully saturated rings. The molecule has 45 heavy (non-hydrogen) atoms. The highest BCUT2D eigenvalue weighted by atomic mass is 16.5. The highest BCUT2D eigenvalue weighted by Crippen LogP contribution is 2.51. The Bertz CT molecular complexity index is 1130. The summed E-state index contributed by atoms with van der Waals surface area (Å²) in [5.74, 6) is -0.102. The van der Waals surface area contributed by atoms with E-state index in [4.69, 9.17) is 9.47 Å². The highest BCUT2D eigenvalue weighted by molar-refractivity contribution is 5.96. The maximum absolute atomic E-state index is 14.1. The van der Waals surface area contributed by atoms with Gasteiger partial charge in [-0.1, -0.05) is 84.0 Å². The fraction of sp³-hybridized carbons (Fsp3) is 0.722. The van der Waals surface area contributed by atoms with E-state index in [-0.39, 0.29) is 37.6 Å². The van der Waals surface area contributed by atoms with Gasteiger partial charge in [0.1, 0.15) is 12.2 Å². The number of rotatable bonds is 17. The van der Waals surface area contributed by atoms with Crippen molar-refractivity contribution in [3.63, 3.8) is 0 Å². The van der Waals surface area contributed by atoms with E-state index in [9.17, 15) is 24.9 Å². The first-order valence-corrected chi connectivity index (χ1v) is 17.5. The molecule has 1 saturated carbocycles. The molecule has 0 radical (unpaired) electrons. The lowest BCUT2D eigenvalue weighted by Gasteiger charge is -2.44. The van der Waals surface area contributed by atoms with Crippen LogP contribution in [-0.2, 0) is 16.2 Å². The standard InChI is InChI=1S/C36H56N2O7/c1-3-4-5-6-7-8-9-10-15-18-31(41)38(26-16-13-11-12-14-17-26)29-23-28(36(43)37-19-20-39)32-27-21-25(24-40)22-30(44-2)34(27)45-35(32)33(29)42/h21-23,26,29,32-33,35,39-40,42H,3-20,24H2,1-2H3,(H,37,43). The number of hydrogen-bond acceptors (Lipinski definition) is 7. The van der Waals surface area contributed by atoms with E-state index >= 15 is 0 Å². The average Bonchev–Trinajstić information content (AvgIpc) is 3.24. The van der Waals surface area contributed by atoms with Gasteiger partial charge >= 0.3 is 0 Å². The molecule has 4 atom stereocenters. The van der Waals surface area contributed by atoms with Crippen molar-refractivity contribution in [3.05, 3.63) is 34.9 Å². The number of carbonyl (C=O) groups is 2. The first-order chi connectivity index (χ1) is 21.9. The molecule has 0 aromatic heterocycles. The SMILES string of the molecule is CCCCCCCCCCCC(=O)N(C1CCCCCC1)C1C=C(C(=O)NCCO)C2c3cc(CO)cc(OC)c3OC2C1O. The van der Waals surface area contributed by atoms with Gasteiger partial charge in [0.05, 0.1) is 32.3 Å². The normalized spacial score (nSPS) is 22.9. The summed E-state index contributed by atoms with van der Waals surface area (Å²) in [6.07, 6.45) is 16.9. The van der Waals surface area contributed by atoms with Crippen LogP contribution in [0.15, 0.2) is 23.8 Å². The van der Waals surface area contributed by atoms with Gasteiger partial charge in [0.15, 0.2) is 11.5 Å². The number of ether oxygens (including phenoxy) is 2. The molecule has 1 aliphatic heterocycles. The number of nitrogens with one attached hydrogen (secondary N) is 1. The fourth-order valence-electron chi connectivity index (χ4n) is 7.45. The number of aliphatic hydroxyl groups is 3. The smallest absolute Gasteiger partial charge is 0.247 e. The molecule has 0 spiro atoms. The van der Waals surface area contributed by atoms with Crippen molar-refractivity contribution >= 4 is 11.8 Å². The number of methoxy groups -OCH3 is 1. The number of nitrogens with zero attached hydrogens (tertiary/aromatic N) is 1. The number of amides is 2. The van der Waals surface area contributed by atoms with Crippen LogP contribution in [0.1, 0.15) is 127 Å². The molecule has 1 aromatic carbocycles. The second kappa shape index (κ2) is 17.9. The molecule has 0 saturated heterocycles. The number of carbonyl (C=O) groups excluding carboxylic acids is 2. The Hall–Kier alpha value is -2.62. The van der Waals surface area contributed by atoms with Crippen molar-refractivity contribution in [1.29, 1.82) is 0 Å². The zero-order chi connectivity index (χ0) is 32.2. The Kier molecular flexibility index (Phi) is 14.0. The monoisotopic (exact) mass is 628 g/mol. The molecule has 9 nitrogen and oxygen atoms in total. The average molecular weight is 629 g/mol. The van der Waals surface area contributed by atoms with Gasteiger partial charge in [0.2, 0.25) is 11.8 Å². The quantitative estimate of drug-likeness (QED) is 0.136. The molecule has 3 aliphatic rings. The summed E-state index contributed by atoms with van der Waals surface area (Å²) >= 11 is 0. The van der Waals surface area contributed by atoms with Gasteiger partial charge in [-0.25, -0.2) is 0 Å². The summed E-state index contributed by atoms with van der Waals surface area (Å²) in [5.41, 5.74) is 1.67. The third kappa shape index (κ3) is 8.80. The van der Waals surface area contributed by atoms with Gasteiger partial charge in [-0.2, -0.15) is 0 Å². The lowest BCUT2D eigenvalue weighted by atomic mass is 9.76. The van der Waals surface area contributed by atoms with Crippen LogP contribution < -0.4 is 14.8 Å². The Labute approximate surface area is 269 Å². The summed E-state index contributed by atoms with van der Waals surface area (Å²) in [4.78, 5) is 29.6. The van der Waals surface area contributed by atoms with Gasteiger partial charge in [-0.05, 0) is 43.0 Å². The number of aliphatic hydroxyl groups excluding tert-OH is 3. The largest absolute Gasteiger partial charge is 0.493 e. The third-order valence-corrected chi connectivity index (χ3v) is 9.82. The van der Waals surface area contributed by atoms with E-state index in [0.717, 1.165) is 57.8 Å². The lowest BCUT2D eigenvalue weighted by molar-refractivity contribution is -0.141. The van der Waals surface area contributed by atoms with Crippen LogP contribution in [0.2, 0.25) is 0 Å². The van der Waals surface area contributed by atoms with E-state index in [2.05, 4.69) is 12.2 Å². The van der Waals surface area contributed by atoms with Crippen molar-refractivity contribution < 1.29 is 34.4 Å². The van der Waals surface area contributed by atoms with Crippen LogP contribution in [0, 0.1) is 0 Å². The summed E-state index contributed by atoms with van der Waals surface area (Å²) in [5, 5.41) is 34.1. The van der Waals surface area contributed by atoms with Crippen molar-refractivity contribution in [1.82, 2.24) is 10.2 Å². The summed E-state index contributed by atoms with van der Waals surface area (Å²) in [6.45, 7) is 1.89. The second-order valence-electron chi connectivity index (χ2n) is 13.0. The minimum Gasteiger partial charge on any atom is -0.493 e. The van der Waals surface area contributed by atoms with Gasteiger partial charge in [0.25, 0.3) is 0 Å². The molecule has 4 unspecified atom stereocenters. The first-order valence-electron chi connectivity index (χ1n) is 17.5. The molecule has 2 aliphatic carbocycles. The van der Waals surface area contributed by atoms with Crippen LogP contribution in [0.5, 0.6) is 11.5 Å². The molecule has 4 rings (SSSR count). The Morgan fingerprint density at radius 1 is 0.978 bits per heavy atom. The van der Waals surface area contributed by atoms with Gasteiger partial charge < -0.3 is 35.0 Å². The maximum Gasteiger partial charge on any atom is 0.247 e. The molecule has 9 heteroatoms. The van der Waals surface area contributed by atoms with E-state index in [1.807, 2.05) is 4.90 Å². The zero-order valence-electron chi connectivity index (χ0n) is 27.5. The number of hydrogen-bond donors (Lipinski definition) is 4. The topological polar surface area (TPSA) is 129 Å². The van der Waals surface area contributed by atoms with Crippen molar-refractivity contribution in [2.75, 3.05) is 20.3 Å². The lowest BCUT2D eigenvalue weighted by Crippen LogP contribution is -2.58. The minimum absolute atomic E-state index is 0.0212. The number of benzene rings is 1. The van der Waals surface area contributed by atoms with Gasteiger partial charge in [0, 0.05) is 30.1 Å². The summed E-state index contributed by atoms with van der Waals surface area (Å²) in [7, 11) is 1.52. The van der Waals surface area contributed by atoms with E-state index in [0.29, 0.717) is 34.6 Å². The Morgan fingerprint density at radius 3 is 2.27 bits per heavy atom. The molecule has 252 valence electrons. The van der Waals surface area contributed by atoms with E-state index < -0.39 is 24.2 Å². The van der Waals surface area contributed by atoms with Crippen LogP contribution in [0.3, 0.4) is 0 Å². The van der Waals surface area contributed by atoms with Gasteiger partial charge in [-0.3, -0.25) is 9.59 Å². The fourth-order valence-corrected chi connectivity index (χ4v) is 7.45. The van der Waals surface area contributed by atoms with Crippen LogP contribution in [0.4, 0.5) is 0 Å². The Morgan fingerprint density at radius 2 is 1.64 bits per heavy atom. The molecule has 0 bridgehead atoms. The Balaban J connectivity index is 1.60. The predicted octanol–water partition coefficient (Wildman–Crippen LogP) is 5.28. The molecule has 1 aromatic rings. The summed E-state index contributed by atoms with van der Waals surface area (Å²) < 4.78 is 12.0. The minimum atomic E-state index is -1.07. The van der Waals surface area contributed by atoms with Crippen molar-refractivity contribution in [2.45, 2.75) is 146 Å². The highest BCUT2D eigenvalue weighted by Gasteiger charge is 2.52. The molecule has 2 amide bonds. The van der Waals surface area contributed by atoms with Crippen molar-refractivity contribution in [2.24, 2.45) is 0 Å². The molecule has 1 heterocycles. The van der Waals surface area contributed by atoms with Crippen LogP contribution >= 0.6 is 0 Å². The predicted molar refractivity (Wildman–Crippen MR) is 174 cm³/mol. The van der Waals surface area contributed by atoms with E-state index in [1.165, 1.54) is 45.6 Å². The first kappa shape index (κ1) is 35.2.